The molecule has 2 aliphatic heterocycles. The van der Waals surface area contributed by atoms with Gasteiger partial charge in [-0.2, -0.15) is 0 Å². The maximum absolute atomic E-state index is 13.7. The molecule has 39 heavy (non-hydrogen) atoms. The van der Waals surface area contributed by atoms with Gasteiger partial charge in [0.25, 0.3) is 0 Å². The van der Waals surface area contributed by atoms with Crippen LogP contribution in [-0.2, 0) is 16.1 Å². The second kappa shape index (κ2) is 12.3. The summed E-state index contributed by atoms with van der Waals surface area (Å²) in [5, 5.41) is 7.41. The average Bonchev–Trinajstić information content (AvgIpc) is 3.29. The summed E-state index contributed by atoms with van der Waals surface area (Å²) in [5.74, 6) is 1.53. The van der Waals surface area contributed by atoms with Crippen LogP contribution in [0.15, 0.2) is 54.6 Å². The molecule has 4 aliphatic rings. The Bertz CT molecular complexity index is 1110. The highest BCUT2D eigenvalue weighted by atomic mass is 16.1. The number of carbonyl (C=O) groups is 2. The van der Waals surface area contributed by atoms with Crippen LogP contribution in [0.2, 0.25) is 0 Å². The first-order chi connectivity index (χ1) is 19.1. The largest absolute Gasteiger partial charge is 0.369 e. The van der Waals surface area contributed by atoms with Crippen LogP contribution in [0.1, 0.15) is 87.8 Å². The van der Waals surface area contributed by atoms with E-state index in [1.165, 1.54) is 62.5 Å². The third kappa shape index (κ3) is 6.30. The van der Waals surface area contributed by atoms with Gasteiger partial charge in [0.2, 0.25) is 0 Å². The van der Waals surface area contributed by atoms with Crippen molar-refractivity contribution < 1.29 is 9.59 Å². The fraction of sp³-hybridized carbons (Fsp3) is 0.588. The highest BCUT2D eigenvalue weighted by molar-refractivity contribution is 6.01. The quantitative estimate of drug-likeness (QED) is 0.420. The fourth-order valence-corrected chi connectivity index (χ4v) is 8.06. The Morgan fingerprint density at radius 1 is 0.821 bits per heavy atom. The Labute approximate surface area is 234 Å². The predicted molar refractivity (Wildman–Crippen MR) is 156 cm³/mol. The number of nitrogens with one attached hydrogen (secondary N) is 2. The van der Waals surface area contributed by atoms with E-state index in [4.69, 9.17) is 0 Å². The van der Waals surface area contributed by atoms with E-state index < -0.39 is 0 Å². The van der Waals surface area contributed by atoms with Crippen LogP contribution >= 0.6 is 0 Å². The second-order valence-electron chi connectivity index (χ2n) is 12.7. The van der Waals surface area contributed by atoms with Gasteiger partial charge in [0.05, 0.1) is 18.5 Å². The number of para-hydroxylation sites is 1. The maximum Gasteiger partial charge on any atom is 0.147 e. The van der Waals surface area contributed by atoms with Crippen molar-refractivity contribution in [2.75, 3.05) is 18.4 Å². The number of rotatable bonds is 6. The zero-order valence-corrected chi connectivity index (χ0v) is 23.3. The molecule has 2 heterocycles. The van der Waals surface area contributed by atoms with Gasteiger partial charge >= 0.3 is 0 Å². The van der Waals surface area contributed by atoms with Gasteiger partial charge < -0.3 is 10.6 Å². The molecule has 2 saturated carbocycles. The molecule has 0 radical (unpaired) electrons. The first-order valence-corrected chi connectivity index (χ1v) is 15.6. The minimum atomic E-state index is -0.147. The van der Waals surface area contributed by atoms with Gasteiger partial charge in [0.1, 0.15) is 11.6 Å². The van der Waals surface area contributed by atoms with Gasteiger partial charge in [0.15, 0.2) is 0 Å². The smallest absolute Gasteiger partial charge is 0.147 e. The summed E-state index contributed by atoms with van der Waals surface area (Å²) < 4.78 is 0. The van der Waals surface area contributed by atoms with E-state index in [0.29, 0.717) is 30.2 Å². The van der Waals surface area contributed by atoms with Crippen molar-refractivity contribution in [2.45, 2.75) is 89.4 Å². The molecule has 6 rings (SSSR count). The topological polar surface area (TPSA) is 61.4 Å². The van der Waals surface area contributed by atoms with Crippen molar-refractivity contribution in [3.8, 4) is 0 Å². The summed E-state index contributed by atoms with van der Waals surface area (Å²) in [6.45, 7) is 2.82. The lowest BCUT2D eigenvalue weighted by Crippen LogP contribution is -2.43. The monoisotopic (exact) mass is 527 g/mol. The van der Waals surface area contributed by atoms with Gasteiger partial charge in [-0.15, -0.1) is 0 Å². The van der Waals surface area contributed by atoms with Crippen molar-refractivity contribution in [3.63, 3.8) is 0 Å². The van der Waals surface area contributed by atoms with Crippen molar-refractivity contribution in [1.29, 1.82) is 0 Å². The Morgan fingerprint density at radius 3 is 2.33 bits per heavy atom. The van der Waals surface area contributed by atoms with E-state index in [1.54, 1.807) is 0 Å². The molecule has 4 fully saturated rings. The van der Waals surface area contributed by atoms with Crippen molar-refractivity contribution >= 4 is 17.3 Å². The molecular formula is C34H45N3O2. The maximum atomic E-state index is 13.7. The van der Waals surface area contributed by atoms with Gasteiger partial charge in [-0.25, -0.2) is 0 Å². The zero-order chi connectivity index (χ0) is 26.6. The number of hydrogen-bond donors (Lipinski definition) is 2. The third-order valence-electron chi connectivity index (χ3n) is 10.0. The molecule has 2 aliphatic carbocycles. The molecule has 5 unspecified atom stereocenters. The number of carbonyl (C=O) groups excluding carboxylic acids is 2. The molecule has 0 bridgehead atoms. The van der Waals surface area contributed by atoms with Gasteiger partial charge in [-0.05, 0) is 66.8 Å². The minimum Gasteiger partial charge on any atom is -0.369 e. The van der Waals surface area contributed by atoms with Gasteiger partial charge in [0, 0.05) is 31.2 Å². The van der Waals surface area contributed by atoms with E-state index in [-0.39, 0.29) is 30.1 Å². The molecule has 2 aromatic carbocycles. The predicted octanol–water partition coefficient (Wildman–Crippen LogP) is 6.51. The van der Waals surface area contributed by atoms with Gasteiger partial charge in [-0.1, -0.05) is 81.0 Å². The Balaban J connectivity index is 1.24. The summed E-state index contributed by atoms with van der Waals surface area (Å²) in [5.41, 5.74) is 3.71. The van der Waals surface area contributed by atoms with Crippen molar-refractivity contribution in [2.24, 2.45) is 23.7 Å². The average molecular weight is 528 g/mol. The minimum absolute atomic E-state index is 0.0949. The molecule has 2 N–H and O–H groups in total. The van der Waals surface area contributed by atoms with Crippen LogP contribution in [0.3, 0.4) is 0 Å². The third-order valence-corrected chi connectivity index (χ3v) is 10.0. The molecule has 5 heteroatoms. The Kier molecular flexibility index (Phi) is 8.46. The number of piperidine rings is 1. The number of likely N-dealkylation sites (tertiary alicyclic amines) is 1. The lowest BCUT2D eigenvalue weighted by atomic mass is 9.69. The van der Waals surface area contributed by atoms with E-state index >= 15 is 0 Å². The van der Waals surface area contributed by atoms with Crippen molar-refractivity contribution in [1.82, 2.24) is 10.2 Å². The summed E-state index contributed by atoms with van der Waals surface area (Å²) >= 11 is 0. The molecule has 2 aromatic rings. The number of Topliss-reactive ketones (excluding diaryl/α,β-unsaturated/α-hetero) is 2. The van der Waals surface area contributed by atoms with E-state index in [0.717, 1.165) is 31.7 Å². The number of anilines is 1. The first-order valence-electron chi connectivity index (χ1n) is 15.6. The van der Waals surface area contributed by atoms with Crippen LogP contribution in [0, 0.1) is 23.7 Å². The standard InChI is InChI=1S/C34H45N3O2/c38-30-20-27(25-9-3-1-4-10-25)19-28-23-37(22-24-14-16-26(17-15-24)31-13-7-8-18-35-31)34(33(28)32(39)21-30)36-29-11-5-2-6-12-29/h2,5-6,11-12,14-17,25,27-28,31,33-36H,1,3-4,7-10,13,18-23H2. The summed E-state index contributed by atoms with van der Waals surface area (Å²) in [7, 11) is 0. The van der Waals surface area contributed by atoms with Gasteiger partial charge in [-0.3, -0.25) is 14.5 Å². The molecular weight excluding hydrogens is 482 g/mol. The SMILES string of the molecule is O=C1CC(=O)C2C(CC(C3CCCCC3)C1)CN(Cc1ccc(C3CCCCN3)cc1)C2Nc1ccccc1. The lowest BCUT2D eigenvalue weighted by Gasteiger charge is -2.35. The summed E-state index contributed by atoms with van der Waals surface area (Å²) in [6.07, 6.45) is 11.8. The Morgan fingerprint density at radius 2 is 1.59 bits per heavy atom. The zero-order valence-electron chi connectivity index (χ0n) is 23.3. The number of ketones is 2. The number of benzene rings is 2. The van der Waals surface area contributed by atoms with E-state index in [2.05, 4.69) is 51.9 Å². The molecule has 0 spiro atoms. The molecule has 2 saturated heterocycles. The molecule has 0 aromatic heterocycles. The molecule has 208 valence electrons. The second-order valence-corrected chi connectivity index (χ2v) is 12.7. The highest BCUT2D eigenvalue weighted by Gasteiger charge is 2.48. The fourth-order valence-electron chi connectivity index (χ4n) is 8.06. The van der Waals surface area contributed by atoms with E-state index in [9.17, 15) is 9.59 Å². The molecule has 0 amide bonds. The molecule has 5 atom stereocenters. The lowest BCUT2D eigenvalue weighted by molar-refractivity contribution is -0.132. The van der Waals surface area contributed by atoms with Crippen LogP contribution < -0.4 is 10.6 Å². The van der Waals surface area contributed by atoms with Crippen molar-refractivity contribution in [3.05, 3.63) is 65.7 Å². The summed E-state index contributed by atoms with van der Waals surface area (Å²) in [6, 6.07) is 19.9. The van der Waals surface area contributed by atoms with Crippen LogP contribution in [0.25, 0.3) is 0 Å². The number of fused-ring (bicyclic) bond motifs is 1. The molecule has 5 nitrogen and oxygen atoms in total. The number of hydrogen-bond acceptors (Lipinski definition) is 5. The van der Waals surface area contributed by atoms with Crippen LogP contribution in [0.4, 0.5) is 5.69 Å². The van der Waals surface area contributed by atoms with E-state index in [1.807, 2.05) is 18.2 Å². The van der Waals surface area contributed by atoms with Crippen LogP contribution in [0.5, 0.6) is 0 Å². The highest BCUT2D eigenvalue weighted by Crippen LogP contribution is 2.43. The Hall–Kier alpha value is -2.50. The first kappa shape index (κ1) is 26.7. The number of nitrogens with zero attached hydrogens (tertiary/aromatic N) is 1. The summed E-state index contributed by atoms with van der Waals surface area (Å²) in [4.78, 5) is 29.2. The normalized spacial score (nSPS) is 30.9. The van der Waals surface area contributed by atoms with Crippen LogP contribution in [-0.4, -0.2) is 35.7 Å².